The van der Waals surface area contributed by atoms with E-state index in [1.807, 2.05) is 6.92 Å². The fourth-order valence-electron chi connectivity index (χ4n) is 5.07. The predicted octanol–water partition coefficient (Wildman–Crippen LogP) is 12.3. The molecule has 220 valence electrons. The van der Waals surface area contributed by atoms with Crippen LogP contribution in [-0.4, -0.2) is 12.6 Å². The van der Waals surface area contributed by atoms with Gasteiger partial charge in [-0.25, -0.2) is 0 Å². The summed E-state index contributed by atoms with van der Waals surface area (Å²) in [6.45, 7) is 7.22. The molecule has 1 atom stereocenters. The van der Waals surface area contributed by atoms with Gasteiger partial charge in [0.05, 0.1) is 12.5 Å². The summed E-state index contributed by atoms with van der Waals surface area (Å²) in [5.74, 6) is 0.0798. The number of unbranched alkanes of at least 4 members (excludes halogenated alkanes) is 23. The summed E-state index contributed by atoms with van der Waals surface area (Å²) >= 11 is 0. The first kappa shape index (κ1) is 36.2. The average molecular weight is 521 g/mol. The number of rotatable bonds is 30. The van der Waals surface area contributed by atoms with Gasteiger partial charge in [-0.1, -0.05) is 168 Å². The lowest BCUT2D eigenvalue weighted by molar-refractivity contribution is -0.148. The van der Waals surface area contributed by atoms with E-state index in [0.717, 1.165) is 19.3 Å². The second kappa shape index (κ2) is 31.4. The minimum Gasteiger partial charge on any atom is -0.465 e. The van der Waals surface area contributed by atoms with Crippen molar-refractivity contribution in [2.45, 2.75) is 194 Å². The SMILES string of the molecule is CCCCCCCC/C=C\CCCCCCC(C)C(=O)OCCCCCCCCCCCCCCCC. The van der Waals surface area contributed by atoms with Crippen molar-refractivity contribution in [3.63, 3.8) is 0 Å². The van der Waals surface area contributed by atoms with Crippen LogP contribution in [0.15, 0.2) is 12.2 Å². The summed E-state index contributed by atoms with van der Waals surface area (Å²) in [5.41, 5.74) is 0. The molecule has 0 aliphatic rings. The van der Waals surface area contributed by atoms with Gasteiger partial charge in [-0.05, 0) is 38.5 Å². The molecule has 0 saturated heterocycles. The van der Waals surface area contributed by atoms with E-state index in [9.17, 15) is 4.79 Å². The Hall–Kier alpha value is -0.790. The molecule has 0 spiro atoms. The number of carbonyl (C=O) groups is 1. The van der Waals surface area contributed by atoms with Gasteiger partial charge in [-0.2, -0.15) is 0 Å². The topological polar surface area (TPSA) is 26.3 Å². The van der Waals surface area contributed by atoms with Gasteiger partial charge in [0.25, 0.3) is 0 Å². The number of hydrogen-bond acceptors (Lipinski definition) is 2. The number of allylic oxidation sites excluding steroid dienone is 2. The zero-order valence-electron chi connectivity index (χ0n) is 25.8. The molecule has 0 N–H and O–H groups in total. The summed E-state index contributed by atoms with van der Waals surface area (Å²) in [4.78, 5) is 12.2. The van der Waals surface area contributed by atoms with Crippen molar-refractivity contribution in [1.29, 1.82) is 0 Å². The Kier molecular flexibility index (Phi) is 30.8. The van der Waals surface area contributed by atoms with Crippen LogP contribution in [0.4, 0.5) is 0 Å². The van der Waals surface area contributed by atoms with Crippen LogP contribution in [0.2, 0.25) is 0 Å². The van der Waals surface area contributed by atoms with Crippen molar-refractivity contribution in [1.82, 2.24) is 0 Å². The minimum atomic E-state index is 0.0207. The molecule has 0 rings (SSSR count). The van der Waals surface area contributed by atoms with Gasteiger partial charge in [0.2, 0.25) is 0 Å². The lowest BCUT2D eigenvalue weighted by atomic mass is 10.0. The van der Waals surface area contributed by atoms with Gasteiger partial charge in [0, 0.05) is 0 Å². The monoisotopic (exact) mass is 521 g/mol. The van der Waals surface area contributed by atoms with E-state index in [1.165, 1.54) is 154 Å². The van der Waals surface area contributed by atoms with Gasteiger partial charge in [0.1, 0.15) is 0 Å². The molecule has 0 bridgehead atoms. The van der Waals surface area contributed by atoms with Crippen LogP contribution in [-0.2, 0) is 9.53 Å². The summed E-state index contributed by atoms with van der Waals surface area (Å²) in [7, 11) is 0. The van der Waals surface area contributed by atoms with Gasteiger partial charge in [0.15, 0.2) is 0 Å². The van der Waals surface area contributed by atoms with Crippen molar-refractivity contribution in [3.8, 4) is 0 Å². The first-order valence-electron chi connectivity index (χ1n) is 17.0. The maximum atomic E-state index is 12.2. The largest absolute Gasteiger partial charge is 0.465 e. The Morgan fingerprint density at radius 3 is 1.30 bits per heavy atom. The van der Waals surface area contributed by atoms with E-state index in [2.05, 4.69) is 26.0 Å². The van der Waals surface area contributed by atoms with Crippen LogP contribution in [0, 0.1) is 5.92 Å². The molecule has 0 aromatic heterocycles. The molecular formula is C35H68O2. The molecule has 0 radical (unpaired) electrons. The summed E-state index contributed by atoms with van der Waals surface area (Å²) in [6.07, 6.45) is 40.5. The van der Waals surface area contributed by atoms with Crippen LogP contribution in [0.5, 0.6) is 0 Å². The van der Waals surface area contributed by atoms with Crippen molar-refractivity contribution in [2.75, 3.05) is 6.61 Å². The van der Waals surface area contributed by atoms with Gasteiger partial charge in [-0.15, -0.1) is 0 Å². The van der Waals surface area contributed by atoms with E-state index in [4.69, 9.17) is 4.74 Å². The fourth-order valence-corrected chi connectivity index (χ4v) is 5.07. The Morgan fingerprint density at radius 1 is 0.514 bits per heavy atom. The fraction of sp³-hybridized carbons (Fsp3) is 0.914. The Morgan fingerprint density at radius 2 is 0.865 bits per heavy atom. The lowest BCUT2D eigenvalue weighted by Crippen LogP contribution is -2.15. The van der Waals surface area contributed by atoms with Crippen molar-refractivity contribution < 1.29 is 9.53 Å². The van der Waals surface area contributed by atoms with Crippen LogP contribution in [0.25, 0.3) is 0 Å². The van der Waals surface area contributed by atoms with E-state index >= 15 is 0 Å². The molecule has 0 heterocycles. The minimum absolute atomic E-state index is 0.0207. The summed E-state index contributed by atoms with van der Waals surface area (Å²) < 4.78 is 5.53. The van der Waals surface area contributed by atoms with E-state index in [0.29, 0.717) is 6.61 Å². The number of ether oxygens (including phenoxy) is 1. The Bertz CT molecular complexity index is 470. The smallest absolute Gasteiger partial charge is 0.308 e. The maximum Gasteiger partial charge on any atom is 0.308 e. The van der Waals surface area contributed by atoms with Crippen molar-refractivity contribution in [2.24, 2.45) is 5.92 Å². The molecule has 37 heavy (non-hydrogen) atoms. The molecule has 2 nitrogen and oxygen atoms in total. The number of carbonyl (C=O) groups excluding carboxylic acids is 1. The number of esters is 1. The van der Waals surface area contributed by atoms with Crippen LogP contribution in [0.1, 0.15) is 194 Å². The average Bonchev–Trinajstić information content (AvgIpc) is 2.90. The molecular weight excluding hydrogens is 452 g/mol. The molecule has 0 aromatic carbocycles. The van der Waals surface area contributed by atoms with E-state index in [1.54, 1.807) is 0 Å². The molecule has 2 heteroatoms. The van der Waals surface area contributed by atoms with Crippen LogP contribution >= 0.6 is 0 Å². The Balaban J connectivity index is 3.33. The van der Waals surface area contributed by atoms with Crippen molar-refractivity contribution in [3.05, 3.63) is 12.2 Å². The lowest BCUT2D eigenvalue weighted by Gasteiger charge is -2.11. The summed E-state index contributed by atoms with van der Waals surface area (Å²) in [6, 6.07) is 0. The molecule has 0 aliphatic heterocycles. The molecule has 0 aromatic rings. The van der Waals surface area contributed by atoms with Crippen LogP contribution < -0.4 is 0 Å². The van der Waals surface area contributed by atoms with Gasteiger partial charge in [-0.3, -0.25) is 4.79 Å². The maximum absolute atomic E-state index is 12.2. The third-order valence-corrected chi connectivity index (χ3v) is 7.79. The molecule has 0 amide bonds. The zero-order chi connectivity index (χ0) is 27.1. The quantitative estimate of drug-likeness (QED) is 0.0534. The van der Waals surface area contributed by atoms with E-state index in [-0.39, 0.29) is 11.9 Å². The molecule has 0 fully saturated rings. The van der Waals surface area contributed by atoms with Gasteiger partial charge >= 0.3 is 5.97 Å². The van der Waals surface area contributed by atoms with E-state index < -0.39 is 0 Å². The standard InChI is InChI=1S/C35H68O2/c1-4-6-8-10-12-14-16-18-20-22-24-26-28-30-32-34(3)35(36)37-33-31-29-27-25-23-21-19-17-15-13-11-9-7-5-2/h18,20,34H,4-17,19,21-33H2,1-3H3/b20-18-. The third-order valence-electron chi connectivity index (χ3n) is 7.79. The van der Waals surface area contributed by atoms with Crippen molar-refractivity contribution >= 4 is 5.97 Å². The van der Waals surface area contributed by atoms with Gasteiger partial charge < -0.3 is 4.74 Å². The predicted molar refractivity (Wildman–Crippen MR) is 165 cm³/mol. The highest BCUT2D eigenvalue weighted by Crippen LogP contribution is 2.15. The first-order chi connectivity index (χ1) is 18.2. The zero-order valence-corrected chi connectivity index (χ0v) is 25.8. The molecule has 0 aliphatic carbocycles. The first-order valence-corrected chi connectivity index (χ1v) is 17.0. The van der Waals surface area contributed by atoms with Crippen LogP contribution in [0.3, 0.4) is 0 Å². The third kappa shape index (κ3) is 29.6. The molecule has 1 unspecified atom stereocenters. The highest BCUT2D eigenvalue weighted by atomic mass is 16.5. The summed E-state index contributed by atoms with van der Waals surface area (Å²) in [5, 5.41) is 0. The second-order valence-corrected chi connectivity index (χ2v) is 11.7. The highest BCUT2D eigenvalue weighted by molar-refractivity contribution is 5.71. The normalized spacial score (nSPS) is 12.4. The molecule has 0 saturated carbocycles. The highest BCUT2D eigenvalue weighted by Gasteiger charge is 2.13. The second-order valence-electron chi connectivity index (χ2n) is 11.7. The number of hydrogen-bond donors (Lipinski definition) is 0. The Labute approximate surface area is 234 Å².